The first-order valence-corrected chi connectivity index (χ1v) is 10.4. The average molecular weight is 458 g/mol. The van der Waals surface area contributed by atoms with E-state index >= 15 is 0 Å². The molecule has 4 heterocycles. The Labute approximate surface area is 187 Å². The Balaban J connectivity index is 1.41. The zero-order valence-corrected chi connectivity index (χ0v) is 17.7. The molecule has 3 aromatic rings. The molecule has 1 aromatic carbocycles. The summed E-state index contributed by atoms with van der Waals surface area (Å²) in [6.45, 7) is 3.13. The number of benzene rings is 1. The molecule has 11 heteroatoms. The second-order valence-electron chi connectivity index (χ2n) is 8.50. The number of fused-ring (bicyclic) bond motifs is 2. The zero-order valence-electron chi connectivity index (χ0n) is 17.7. The lowest BCUT2D eigenvalue weighted by atomic mass is 9.79. The van der Waals surface area contributed by atoms with Gasteiger partial charge in [-0.15, -0.1) is 0 Å². The van der Waals surface area contributed by atoms with Gasteiger partial charge in [-0.3, -0.25) is 0 Å². The van der Waals surface area contributed by atoms with E-state index in [9.17, 15) is 18.0 Å². The largest absolute Gasteiger partial charge is 0.471 e. The number of urea groups is 1. The number of anilines is 1. The van der Waals surface area contributed by atoms with Crippen molar-refractivity contribution < 1.29 is 22.5 Å². The highest BCUT2D eigenvalue weighted by Gasteiger charge is 2.59. The third-order valence-electron chi connectivity index (χ3n) is 6.75. The molecule has 172 valence electrons. The Kier molecular flexibility index (Phi) is 4.80. The molecule has 2 N–H and O–H groups in total. The lowest BCUT2D eigenvalue weighted by Crippen LogP contribution is -2.60. The number of amides is 2. The van der Waals surface area contributed by atoms with Crippen LogP contribution in [0.2, 0.25) is 0 Å². The summed E-state index contributed by atoms with van der Waals surface area (Å²) >= 11 is 0. The summed E-state index contributed by atoms with van der Waals surface area (Å²) in [6.07, 6.45) is -2.54. The van der Waals surface area contributed by atoms with Gasteiger partial charge in [0.05, 0.1) is 11.6 Å². The van der Waals surface area contributed by atoms with Crippen LogP contribution >= 0.6 is 0 Å². The summed E-state index contributed by atoms with van der Waals surface area (Å²) in [5.41, 5.74) is 6.69. The zero-order chi connectivity index (χ0) is 23.4. The van der Waals surface area contributed by atoms with E-state index in [2.05, 4.69) is 31.5 Å². The van der Waals surface area contributed by atoms with E-state index in [0.29, 0.717) is 24.5 Å². The topological polar surface area (TPSA) is 101 Å². The molecule has 33 heavy (non-hydrogen) atoms. The van der Waals surface area contributed by atoms with Crippen molar-refractivity contribution in [1.29, 1.82) is 0 Å². The van der Waals surface area contributed by atoms with Crippen molar-refractivity contribution in [3.8, 4) is 11.4 Å². The molecule has 0 saturated carbocycles. The number of likely N-dealkylation sites (tertiary alicyclic amines) is 1. The van der Waals surface area contributed by atoms with Gasteiger partial charge >= 0.3 is 18.1 Å². The van der Waals surface area contributed by atoms with Crippen LogP contribution in [0.1, 0.15) is 30.7 Å². The number of piperazine rings is 1. The van der Waals surface area contributed by atoms with Crippen LogP contribution < -0.4 is 10.6 Å². The van der Waals surface area contributed by atoms with Crippen molar-refractivity contribution in [2.24, 2.45) is 5.73 Å². The number of aromatic nitrogens is 3. The van der Waals surface area contributed by atoms with Gasteiger partial charge in [-0.1, -0.05) is 42.4 Å². The van der Waals surface area contributed by atoms with Crippen LogP contribution in [0, 0.1) is 0 Å². The minimum atomic E-state index is -4.70. The van der Waals surface area contributed by atoms with Crippen LogP contribution in [0.25, 0.3) is 11.4 Å². The molecular weight excluding hydrogens is 437 g/mol. The molecule has 2 aliphatic rings. The molecule has 2 fully saturated rings. The van der Waals surface area contributed by atoms with Crippen LogP contribution in [0.3, 0.4) is 0 Å². The van der Waals surface area contributed by atoms with Gasteiger partial charge in [0, 0.05) is 30.8 Å². The summed E-state index contributed by atoms with van der Waals surface area (Å²) in [5, 5.41) is 3.40. The SMILES string of the molecule is C[C@@H](c1ccccc1)C12CC(CN1C(N)=O)N(c1ccc(-c3noc(C(F)(F)F)n3)cn1)C2. The average Bonchev–Trinajstić information content (AvgIpc) is 3.53. The molecular formula is C22H21F3N6O2. The fourth-order valence-corrected chi connectivity index (χ4v) is 5.08. The molecule has 2 aromatic heterocycles. The predicted molar refractivity (Wildman–Crippen MR) is 112 cm³/mol. The molecule has 8 nitrogen and oxygen atoms in total. The third-order valence-corrected chi connectivity index (χ3v) is 6.75. The molecule has 2 amide bonds. The van der Waals surface area contributed by atoms with E-state index in [1.165, 1.54) is 6.20 Å². The summed E-state index contributed by atoms with van der Waals surface area (Å²) in [7, 11) is 0. The number of halogens is 3. The van der Waals surface area contributed by atoms with E-state index in [4.69, 9.17) is 5.73 Å². The Morgan fingerprint density at radius 3 is 2.61 bits per heavy atom. The van der Waals surface area contributed by atoms with Gasteiger partial charge in [-0.25, -0.2) is 9.78 Å². The molecule has 0 spiro atoms. The quantitative estimate of drug-likeness (QED) is 0.640. The van der Waals surface area contributed by atoms with Crippen LogP contribution in [0.4, 0.5) is 23.8 Å². The van der Waals surface area contributed by atoms with E-state index < -0.39 is 23.6 Å². The summed E-state index contributed by atoms with van der Waals surface area (Å²) in [6, 6.07) is 12.9. The van der Waals surface area contributed by atoms with Gasteiger partial charge < -0.3 is 20.1 Å². The first-order chi connectivity index (χ1) is 15.7. The van der Waals surface area contributed by atoms with Crippen LogP contribution in [0.15, 0.2) is 53.2 Å². The number of nitrogens with zero attached hydrogens (tertiary/aromatic N) is 5. The fraction of sp³-hybridized carbons (Fsp3) is 0.364. The number of hydrogen-bond acceptors (Lipinski definition) is 6. The molecule has 5 rings (SSSR count). The van der Waals surface area contributed by atoms with Crippen molar-refractivity contribution in [2.45, 2.75) is 37.0 Å². The van der Waals surface area contributed by atoms with Crippen molar-refractivity contribution in [3.05, 3.63) is 60.1 Å². The second-order valence-corrected chi connectivity index (χ2v) is 8.50. The first-order valence-electron chi connectivity index (χ1n) is 10.4. The number of nitrogens with two attached hydrogens (primary N) is 1. The van der Waals surface area contributed by atoms with Crippen molar-refractivity contribution >= 4 is 11.8 Å². The molecule has 3 atom stereocenters. The number of carbonyl (C=O) groups is 1. The van der Waals surface area contributed by atoms with Gasteiger partial charge in [0.2, 0.25) is 5.82 Å². The smallest absolute Gasteiger partial charge is 0.351 e. The maximum Gasteiger partial charge on any atom is 0.471 e. The van der Waals surface area contributed by atoms with E-state index in [0.717, 1.165) is 12.0 Å². The standard InChI is InChI=1S/C22H21F3N6O2/c1-13(14-5-3-2-4-6-14)21-9-16(11-31(21)20(26)32)30(12-21)17-8-7-15(10-27-17)18-28-19(33-29-18)22(23,24)25/h2-8,10,13,16H,9,11-12H2,1H3,(H2,26,32)/t13-,16?,21?/m0/s1. The molecule has 0 radical (unpaired) electrons. The number of hydrogen-bond donors (Lipinski definition) is 1. The highest BCUT2D eigenvalue weighted by Crippen LogP contribution is 2.49. The van der Waals surface area contributed by atoms with Crippen molar-refractivity contribution in [3.63, 3.8) is 0 Å². The first kappa shape index (κ1) is 21.2. The highest BCUT2D eigenvalue weighted by molar-refractivity contribution is 5.75. The van der Waals surface area contributed by atoms with E-state index in [-0.39, 0.29) is 17.8 Å². The summed E-state index contributed by atoms with van der Waals surface area (Å²) < 4.78 is 42.5. The van der Waals surface area contributed by atoms with Gasteiger partial charge in [-0.05, 0) is 24.1 Å². The third kappa shape index (κ3) is 3.47. The van der Waals surface area contributed by atoms with Crippen LogP contribution in [0.5, 0.6) is 0 Å². The maximum absolute atomic E-state index is 12.7. The minimum Gasteiger partial charge on any atom is -0.351 e. The predicted octanol–water partition coefficient (Wildman–Crippen LogP) is 3.67. The molecule has 0 aliphatic carbocycles. The summed E-state index contributed by atoms with van der Waals surface area (Å²) in [5.74, 6) is -0.879. The number of alkyl halides is 3. The number of rotatable bonds is 4. The number of carbonyl (C=O) groups excluding carboxylic acids is 1. The maximum atomic E-state index is 12.7. The molecule has 2 saturated heterocycles. The van der Waals surface area contributed by atoms with Crippen molar-refractivity contribution in [2.75, 3.05) is 18.0 Å². The van der Waals surface area contributed by atoms with Gasteiger partial charge in [0.25, 0.3) is 0 Å². The Hall–Kier alpha value is -3.63. The Bertz CT molecular complexity index is 1170. The second kappa shape index (κ2) is 7.46. The van der Waals surface area contributed by atoms with Crippen LogP contribution in [-0.2, 0) is 6.18 Å². The lowest BCUT2D eigenvalue weighted by Gasteiger charge is -2.45. The molecule has 2 unspecified atom stereocenters. The number of primary amides is 1. The molecule has 2 aliphatic heterocycles. The van der Waals surface area contributed by atoms with E-state index in [1.54, 1.807) is 17.0 Å². The van der Waals surface area contributed by atoms with Crippen LogP contribution in [-0.4, -0.2) is 50.7 Å². The Morgan fingerprint density at radius 1 is 1.24 bits per heavy atom. The van der Waals surface area contributed by atoms with E-state index in [1.807, 2.05) is 30.3 Å². The highest BCUT2D eigenvalue weighted by atomic mass is 19.4. The minimum absolute atomic E-state index is 0.0315. The lowest BCUT2D eigenvalue weighted by molar-refractivity contribution is -0.159. The van der Waals surface area contributed by atoms with Crippen molar-refractivity contribution in [1.82, 2.24) is 20.0 Å². The molecule has 2 bridgehead atoms. The fourth-order valence-electron chi connectivity index (χ4n) is 5.08. The monoisotopic (exact) mass is 458 g/mol. The summed E-state index contributed by atoms with van der Waals surface area (Å²) in [4.78, 5) is 24.0. The van der Waals surface area contributed by atoms with Gasteiger partial charge in [-0.2, -0.15) is 18.2 Å². The van der Waals surface area contributed by atoms with Gasteiger partial charge in [0.1, 0.15) is 5.82 Å². The number of pyridine rings is 1. The van der Waals surface area contributed by atoms with Gasteiger partial charge in [0.15, 0.2) is 0 Å². The normalized spacial score (nSPS) is 23.2. The Morgan fingerprint density at radius 2 is 2.00 bits per heavy atom.